The fourth-order valence-corrected chi connectivity index (χ4v) is 4.42. The maximum absolute atomic E-state index is 12.5. The summed E-state index contributed by atoms with van der Waals surface area (Å²) in [5.74, 6) is -0.955. The molecule has 2 heterocycles. The van der Waals surface area contributed by atoms with Gasteiger partial charge in [-0.15, -0.1) is 17.9 Å². The molecular formula is C19H22N4O5S. The second-order valence-electron chi connectivity index (χ2n) is 6.61. The molecule has 3 rings (SSSR count). The lowest BCUT2D eigenvalue weighted by atomic mass is 9.97. The third-order valence-corrected chi connectivity index (χ3v) is 5.65. The zero-order valence-electron chi connectivity index (χ0n) is 15.8. The molecule has 3 N–H and O–H groups in total. The van der Waals surface area contributed by atoms with Gasteiger partial charge in [0.2, 0.25) is 0 Å². The van der Waals surface area contributed by atoms with Crippen LogP contribution in [0.3, 0.4) is 0 Å². The van der Waals surface area contributed by atoms with Gasteiger partial charge in [-0.2, -0.15) is 0 Å². The van der Waals surface area contributed by atoms with Gasteiger partial charge in [-0.3, -0.25) is 19.7 Å². The van der Waals surface area contributed by atoms with Crippen LogP contribution in [0.4, 0.5) is 4.79 Å². The molecule has 0 radical (unpaired) electrons. The molecule has 2 aromatic rings. The summed E-state index contributed by atoms with van der Waals surface area (Å²) in [6, 6.07) is -0.695. The van der Waals surface area contributed by atoms with Gasteiger partial charge < -0.3 is 15.0 Å². The van der Waals surface area contributed by atoms with Crippen molar-refractivity contribution in [3.05, 3.63) is 39.3 Å². The molecule has 10 heteroatoms. The topological polar surface area (TPSA) is 130 Å². The Hall–Kier alpha value is -3.01. The van der Waals surface area contributed by atoms with Crippen molar-refractivity contribution in [2.45, 2.75) is 38.5 Å². The fraction of sp³-hybridized carbons (Fsp3) is 0.421. The molecule has 1 aliphatic carbocycles. The number of fused-ring (bicyclic) bond motifs is 3. The molecule has 0 bridgehead atoms. The number of carbonyl (C=O) groups excluding carboxylic acids is 3. The van der Waals surface area contributed by atoms with E-state index in [1.807, 2.05) is 5.32 Å². The molecule has 9 nitrogen and oxygen atoms in total. The summed E-state index contributed by atoms with van der Waals surface area (Å²) in [4.78, 5) is 56.3. The number of nitrogens with one attached hydrogen (secondary N) is 3. The highest BCUT2D eigenvalue weighted by atomic mass is 32.1. The number of amides is 3. The molecule has 0 unspecified atom stereocenters. The third kappa shape index (κ3) is 5.29. The van der Waals surface area contributed by atoms with E-state index >= 15 is 0 Å². The zero-order valence-corrected chi connectivity index (χ0v) is 16.7. The van der Waals surface area contributed by atoms with E-state index in [9.17, 15) is 19.2 Å². The van der Waals surface area contributed by atoms with Crippen molar-refractivity contribution in [1.29, 1.82) is 0 Å². The third-order valence-electron chi connectivity index (χ3n) is 4.46. The molecule has 3 amide bonds. The molecule has 0 aromatic carbocycles. The Bertz CT molecular complexity index is 1010. The first kappa shape index (κ1) is 20.7. The van der Waals surface area contributed by atoms with Gasteiger partial charge in [-0.05, 0) is 31.2 Å². The van der Waals surface area contributed by atoms with Crippen molar-refractivity contribution in [1.82, 2.24) is 20.6 Å². The summed E-state index contributed by atoms with van der Waals surface area (Å²) < 4.78 is 4.85. The first-order chi connectivity index (χ1) is 14.0. The van der Waals surface area contributed by atoms with E-state index < -0.39 is 24.5 Å². The fourth-order valence-electron chi connectivity index (χ4n) is 3.14. The lowest BCUT2D eigenvalue weighted by Crippen LogP contribution is -2.41. The predicted octanol–water partition coefficient (Wildman–Crippen LogP) is 1.35. The van der Waals surface area contributed by atoms with Crippen LogP contribution in [0.15, 0.2) is 17.4 Å². The number of imide groups is 1. The Morgan fingerprint density at radius 3 is 2.86 bits per heavy atom. The maximum atomic E-state index is 12.5. The summed E-state index contributed by atoms with van der Waals surface area (Å²) >= 11 is 1.54. The van der Waals surface area contributed by atoms with Gasteiger partial charge in [-0.25, -0.2) is 9.78 Å². The molecule has 1 aliphatic rings. The van der Waals surface area contributed by atoms with Gasteiger partial charge in [0.15, 0.2) is 6.61 Å². The number of aryl methyl sites for hydroxylation is 3. The molecule has 0 atom stereocenters. The highest BCUT2D eigenvalue weighted by Gasteiger charge is 2.20. The van der Waals surface area contributed by atoms with Gasteiger partial charge in [0.05, 0.1) is 11.8 Å². The van der Waals surface area contributed by atoms with Gasteiger partial charge >= 0.3 is 12.0 Å². The van der Waals surface area contributed by atoms with E-state index in [1.165, 1.54) is 11.0 Å². The second-order valence-corrected chi connectivity index (χ2v) is 7.69. The number of H-pyrrole nitrogens is 1. The molecule has 2 aromatic heterocycles. The van der Waals surface area contributed by atoms with E-state index in [2.05, 4.69) is 21.9 Å². The van der Waals surface area contributed by atoms with Crippen molar-refractivity contribution in [3.63, 3.8) is 0 Å². The van der Waals surface area contributed by atoms with Crippen LogP contribution in [0, 0.1) is 0 Å². The van der Waals surface area contributed by atoms with Crippen LogP contribution in [-0.2, 0) is 33.6 Å². The average molecular weight is 418 g/mol. The van der Waals surface area contributed by atoms with Crippen LogP contribution in [0.25, 0.3) is 10.2 Å². The lowest BCUT2D eigenvalue weighted by Gasteiger charge is -2.09. The van der Waals surface area contributed by atoms with E-state index in [4.69, 9.17) is 4.74 Å². The largest absolute Gasteiger partial charge is 0.456 e. The average Bonchev–Trinajstić information content (AvgIpc) is 3.08. The monoisotopic (exact) mass is 418 g/mol. The minimum absolute atomic E-state index is 0.0462. The van der Waals surface area contributed by atoms with Gasteiger partial charge in [0.25, 0.3) is 11.5 Å². The van der Waals surface area contributed by atoms with Crippen molar-refractivity contribution in [3.8, 4) is 0 Å². The summed E-state index contributed by atoms with van der Waals surface area (Å²) in [6.45, 7) is 3.07. The first-order valence-electron chi connectivity index (χ1n) is 9.35. The van der Waals surface area contributed by atoms with Crippen molar-refractivity contribution >= 4 is 39.5 Å². The zero-order chi connectivity index (χ0) is 20.8. The van der Waals surface area contributed by atoms with Crippen LogP contribution in [0.5, 0.6) is 0 Å². The van der Waals surface area contributed by atoms with E-state index in [0.29, 0.717) is 16.0 Å². The Labute approximate surface area is 170 Å². The van der Waals surface area contributed by atoms with Crippen molar-refractivity contribution < 1.29 is 19.1 Å². The summed E-state index contributed by atoms with van der Waals surface area (Å²) in [5.41, 5.74) is 0.932. The van der Waals surface area contributed by atoms with Gasteiger partial charge in [0.1, 0.15) is 10.7 Å². The van der Waals surface area contributed by atoms with Crippen molar-refractivity contribution in [2.24, 2.45) is 0 Å². The molecule has 0 spiro atoms. The SMILES string of the molecule is C=CCNC(=O)NC(=O)COC(=O)CCc1nc2sc3c(c2c(=O)[nH]1)CCCC3. The summed E-state index contributed by atoms with van der Waals surface area (Å²) in [6.07, 6.45) is 5.69. The molecular weight excluding hydrogens is 396 g/mol. The van der Waals surface area contributed by atoms with E-state index in [0.717, 1.165) is 31.2 Å². The number of thiophene rings is 1. The smallest absolute Gasteiger partial charge is 0.321 e. The molecule has 0 saturated heterocycles. The van der Waals surface area contributed by atoms with Crippen LogP contribution >= 0.6 is 11.3 Å². The number of ether oxygens (including phenoxy) is 1. The number of hydrogen-bond donors (Lipinski definition) is 3. The summed E-state index contributed by atoms with van der Waals surface area (Å²) in [5, 5.41) is 5.06. The second kappa shape index (κ2) is 9.46. The Kier molecular flexibility index (Phi) is 6.76. The highest BCUT2D eigenvalue weighted by Crippen LogP contribution is 2.33. The van der Waals surface area contributed by atoms with Gasteiger partial charge in [-0.1, -0.05) is 6.08 Å². The number of aromatic nitrogens is 2. The molecule has 0 fully saturated rings. The number of nitrogens with zero attached hydrogens (tertiary/aromatic N) is 1. The minimum Gasteiger partial charge on any atom is -0.456 e. The van der Waals surface area contributed by atoms with E-state index in [-0.39, 0.29) is 24.9 Å². The minimum atomic E-state index is -0.739. The summed E-state index contributed by atoms with van der Waals surface area (Å²) in [7, 11) is 0. The number of rotatable bonds is 7. The lowest BCUT2D eigenvalue weighted by molar-refractivity contribution is -0.148. The maximum Gasteiger partial charge on any atom is 0.321 e. The number of aromatic amines is 1. The van der Waals surface area contributed by atoms with Crippen LogP contribution < -0.4 is 16.2 Å². The number of urea groups is 1. The quantitative estimate of drug-likeness (QED) is 0.460. The highest BCUT2D eigenvalue weighted by molar-refractivity contribution is 7.18. The normalized spacial score (nSPS) is 12.8. The molecule has 154 valence electrons. The van der Waals surface area contributed by atoms with E-state index in [1.54, 1.807) is 11.3 Å². The van der Waals surface area contributed by atoms with Crippen LogP contribution in [0.2, 0.25) is 0 Å². The number of hydrogen-bond acceptors (Lipinski definition) is 7. The molecule has 29 heavy (non-hydrogen) atoms. The standard InChI is InChI=1S/C19H22N4O5S/c1-2-9-20-19(27)23-14(24)10-28-15(25)8-7-13-21-17(26)16-11-5-3-4-6-12(11)29-18(16)22-13/h2H,1,3-10H2,(H,21,22,26)(H2,20,23,24,27). The number of carbonyl (C=O) groups is 3. The van der Waals surface area contributed by atoms with Gasteiger partial charge in [0, 0.05) is 17.8 Å². The van der Waals surface area contributed by atoms with Crippen molar-refractivity contribution in [2.75, 3.05) is 13.2 Å². The Morgan fingerprint density at radius 2 is 2.07 bits per heavy atom. The molecule has 0 saturated carbocycles. The Morgan fingerprint density at radius 1 is 1.28 bits per heavy atom. The first-order valence-corrected chi connectivity index (χ1v) is 10.2. The van der Waals surface area contributed by atoms with Crippen LogP contribution in [0.1, 0.15) is 35.5 Å². The predicted molar refractivity (Wildman–Crippen MR) is 108 cm³/mol. The Balaban J connectivity index is 1.52. The number of esters is 1. The van der Waals surface area contributed by atoms with Crippen LogP contribution in [-0.4, -0.2) is 41.0 Å². The molecule has 0 aliphatic heterocycles.